The van der Waals surface area contributed by atoms with E-state index in [2.05, 4.69) is 21.0 Å². The van der Waals surface area contributed by atoms with E-state index in [1.807, 2.05) is 36.6 Å². The second-order valence-corrected chi connectivity index (χ2v) is 8.44. The SMILES string of the molecule is COc1ccc(CC(=O)Nc2cc(-c3cccs3)nn2C2NC(=O)CC(C)N2)cc1OC. The van der Waals surface area contributed by atoms with Crippen LogP contribution in [0.25, 0.3) is 10.6 Å². The molecule has 0 aliphatic carbocycles. The van der Waals surface area contributed by atoms with E-state index in [9.17, 15) is 9.59 Å². The number of carbonyl (C=O) groups is 2. The van der Waals surface area contributed by atoms with Crippen molar-refractivity contribution in [1.82, 2.24) is 20.4 Å². The number of aromatic nitrogens is 2. The summed E-state index contributed by atoms with van der Waals surface area (Å²) < 4.78 is 12.2. The number of methoxy groups -OCH3 is 2. The number of carbonyl (C=O) groups excluding carboxylic acids is 2. The minimum absolute atomic E-state index is 0.0153. The molecule has 2 aromatic heterocycles. The van der Waals surface area contributed by atoms with Gasteiger partial charge in [0.15, 0.2) is 17.8 Å². The van der Waals surface area contributed by atoms with Crippen molar-refractivity contribution >= 4 is 29.0 Å². The van der Waals surface area contributed by atoms with Crippen LogP contribution < -0.4 is 25.4 Å². The number of anilines is 1. The molecule has 32 heavy (non-hydrogen) atoms. The maximum absolute atomic E-state index is 12.9. The number of rotatable bonds is 7. The number of thiophene rings is 1. The molecule has 3 heterocycles. The fraction of sp³-hybridized carbons (Fsp3) is 0.318. The van der Waals surface area contributed by atoms with E-state index in [1.165, 1.54) is 0 Å². The summed E-state index contributed by atoms with van der Waals surface area (Å²) in [6.07, 6.45) is -0.0339. The van der Waals surface area contributed by atoms with Gasteiger partial charge in [-0.3, -0.25) is 14.9 Å². The number of benzene rings is 1. The smallest absolute Gasteiger partial charge is 0.229 e. The highest BCUT2D eigenvalue weighted by Crippen LogP contribution is 2.29. The van der Waals surface area contributed by atoms with Crippen molar-refractivity contribution in [2.45, 2.75) is 32.1 Å². The van der Waals surface area contributed by atoms with Crippen LogP contribution in [0.1, 0.15) is 25.2 Å². The number of amides is 2. The second kappa shape index (κ2) is 9.41. The van der Waals surface area contributed by atoms with Crippen LogP contribution in [-0.2, 0) is 16.0 Å². The average Bonchev–Trinajstić information content (AvgIpc) is 3.43. The van der Waals surface area contributed by atoms with E-state index in [1.54, 1.807) is 42.4 Å². The second-order valence-electron chi connectivity index (χ2n) is 7.49. The van der Waals surface area contributed by atoms with E-state index in [0.717, 1.165) is 16.1 Å². The molecule has 10 heteroatoms. The van der Waals surface area contributed by atoms with Gasteiger partial charge in [0, 0.05) is 18.5 Å². The van der Waals surface area contributed by atoms with Crippen molar-refractivity contribution in [3.05, 3.63) is 47.3 Å². The van der Waals surface area contributed by atoms with E-state index in [-0.39, 0.29) is 24.3 Å². The van der Waals surface area contributed by atoms with Crippen LogP contribution in [0.5, 0.6) is 11.5 Å². The van der Waals surface area contributed by atoms with Crippen LogP contribution in [-0.4, -0.2) is 41.9 Å². The third-order valence-corrected chi connectivity index (χ3v) is 5.96. The highest BCUT2D eigenvalue weighted by molar-refractivity contribution is 7.13. The third kappa shape index (κ3) is 4.76. The summed E-state index contributed by atoms with van der Waals surface area (Å²) in [6, 6.07) is 11.1. The summed E-state index contributed by atoms with van der Waals surface area (Å²) in [6.45, 7) is 1.94. The summed E-state index contributed by atoms with van der Waals surface area (Å²) >= 11 is 1.55. The molecule has 4 rings (SSSR count). The Kier molecular flexibility index (Phi) is 6.42. The van der Waals surface area contributed by atoms with Gasteiger partial charge in [0.05, 0.1) is 25.5 Å². The lowest BCUT2D eigenvalue weighted by Gasteiger charge is -2.30. The van der Waals surface area contributed by atoms with E-state index >= 15 is 0 Å². The predicted molar refractivity (Wildman–Crippen MR) is 122 cm³/mol. The third-order valence-electron chi connectivity index (χ3n) is 5.07. The Morgan fingerprint density at radius 1 is 1.25 bits per heavy atom. The largest absolute Gasteiger partial charge is 0.493 e. The molecule has 0 saturated carbocycles. The zero-order valence-electron chi connectivity index (χ0n) is 18.0. The molecule has 0 bridgehead atoms. The first-order valence-electron chi connectivity index (χ1n) is 10.2. The molecule has 2 atom stereocenters. The minimum Gasteiger partial charge on any atom is -0.493 e. The maximum Gasteiger partial charge on any atom is 0.229 e. The van der Waals surface area contributed by atoms with E-state index in [0.29, 0.717) is 23.7 Å². The highest BCUT2D eigenvalue weighted by atomic mass is 32.1. The Bertz CT molecular complexity index is 1110. The number of nitrogens with one attached hydrogen (secondary N) is 3. The van der Waals surface area contributed by atoms with Crippen LogP contribution >= 0.6 is 11.3 Å². The van der Waals surface area contributed by atoms with Gasteiger partial charge >= 0.3 is 0 Å². The molecular weight excluding hydrogens is 430 g/mol. The fourth-order valence-electron chi connectivity index (χ4n) is 3.58. The Labute approximate surface area is 189 Å². The van der Waals surface area contributed by atoms with Crippen molar-refractivity contribution in [2.24, 2.45) is 0 Å². The van der Waals surface area contributed by atoms with Crippen LogP contribution in [0, 0.1) is 0 Å². The first kappa shape index (κ1) is 21.8. The summed E-state index contributed by atoms with van der Waals surface area (Å²) in [5.41, 5.74) is 1.50. The monoisotopic (exact) mass is 455 g/mol. The molecule has 1 fully saturated rings. The number of nitrogens with zero attached hydrogens (tertiary/aromatic N) is 2. The summed E-state index contributed by atoms with van der Waals surface area (Å²) in [5.74, 6) is 1.36. The van der Waals surface area contributed by atoms with Gasteiger partial charge in [0.1, 0.15) is 11.5 Å². The van der Waals surface area contributed by atoms with Crippen LogP contribution in [0.2, 0.25) is 0 Å². The van der Waals surface area contributed by atoms with Crippen molar-refractivity contribution in [3.63, 3.8) is 0 Å². The Morgan fingerprint density at radius 3 is 2.75 bits per heavy atom. The standard InChI is InChI=1S/C22H25N5O4S/c1-13-9-20(28)25-22(23-13)27-19(12-15(26-27)18-5-4-8-32-18)24-21(29)11-14-6-7-16(30-2)17(10-14)31-3/h4-8,10,12-13,22-23H,9,11H2,1-3H3,(H,24,29)(H,25,28). The van der Waals surface area contributed by atoms with Crippen LogP contribution in [0.3, 0.4) is 0 Å². The molecule has 0 spiro atoms. The van der Waals surface area contributed by atoms with Gasteiger partial charge < -0.3 is 20.1 Å². The molecule has 1 aliphatic heterocycles. The Morgan fingerprint density at radius 2 is 2.06 bits per heavy atom. The van der Waals surface area contributed by atoms with Gasteiger partial charge in [-0.25, -0.2) is 4.68 Å². The lowest BCUT2D eigenvalue weighted by molar-refractivity contribution is -0.125. The quantitative estimate of drug-likeness (QED) is 0.506. The van der Waals surface area contributed by atoms with Gasteiger partial charge in [-0.2, -0.15) is 5.10 Å². The van der Waals surface area contributed by atoms with Crippen LogP contribution in [0.4, 0.5) is 5.82 Å². The Hall–Kier alpha value is -3.37. The Balaban J connectivity index is 1.58. The van der Waals surface area contributed by atoms with Crippen molar-refractivity contribution < 1.29 is 19.1 Å². The predicted octanol–water partition coefficient (Wildman–Crippen LogP) is 2.76. The average molecular weight is 456 g/mol. The first-order valence-corrected chi connectivity index (χ1v) is 11.0. The molecule has 168 valence electrons. The molecule has 1 saturated heterocycles. The van der Waals surface area contributed by atoms with Gasteiger partial charge in [-0.1, -0.05) is 12.1 Å². The van der Waals surface area contributed by atoms with Crippen molar-refractivity contribution in [2.75, 3.05) is 19.5 Å². The van der Waals surface area contributed by atoms with Gasteiger partial charge in [0.25, 0.3) is 0 Å². The molecule has 3 aromatic rings. The molecule has 9 nitrogen and oxygen atoms in total. The fourth-order valence-corrected chi connectivity index (χ4v) is 4.27. The summed E-state index contributed by atoms with van der Waals surface area (Å²) in [7, 11) is 3.12. The normalized spacial score (nSPS) is 18.2. The number of hydrogen-bond donors (Lipinski definition) is 3. The summed E-state index contributed by atoms with van der Waals surface area (Å²) in [5, 5.41) is 15.7. The molecule has 2 unspecified atom stereocenters. The lowest BCUT2D eigenvalue weighted by Crippen LogP contribution is -2.52. The highest BCUT2D eigenvalue weighted by Gasteiger charge is 2.27. The number of ether oxygens (including phenoxy) is 2. The number of hydrogen-bond acceptors (Lipinski definition) is 7. The minimum atomic E-state index is -0.559. The zero-order valence-corrected chi connectivity index (χ0v) is 18.9. The molecule has 0 radical (unpaired) electrons. The first-order chi connectivity index (χ1) is 15.5. The topological polar surface area (TPSA) is 107 Å². The van der Waals surface area contributed by atoms with E-state index in [4.69, 9.17) is 9.47 Å². The maximum atomic E-state index is 12.9. The van der Waals surface area contributed by atoms with Crippen molar-refractivity contribution in [3.8, 4) is 22.1 Å². The molecule has 3 N–H and O–H groups in total. The molecule has 2 amide bonds. The van der Waals surface area contributed by atoms with Gasteiger partial charge in [-0.15, -0.1) is 11.3 Å². The molecular formula is C22H25N5O4S. The van der Waals surface area contributed by atoms with E-state index < -0.39 is 6.29 Å². The van der Waals surface area contributed by atoms with Gasteiger partial charge in [-0.05, 0) is 36.1 Å². The van der Waals surface area contributed by atoms with Gasteiger partial charge in [0.2, 0.25) is 11.8 Å². The molecule has 1 aliphatic rings. The summed E-state index contributed by atoms with van der Waals surface area (Å²) in [4.78, 5) is 25.9. The van der Waals surface area contributed by atoms with Crippen LogP contribution in [0.15, 0.2) is 41.8 Å². The zero-order chi connectivity index (χ0) is 22.7. The molecule has 1 aromatic carbocycles. The lowest BCUT2D eigenvalue weighted by atomic mass is 10.1. The van der Waals surface area contributed by atoms with Crippen molar-refractivity contribution in [1.29, 1.82) is 0 Å².